The Hall–Kier alpha value is -1.83. The number of carbonyl (C=O) groups excluding carboxylic acids is 1. The Morgan fingerprint density at radius 2 is 2.07 bits per heavy atom. The Morgan fingerprint density at radius 3 is 2.73 bits per heavy atom. The van der Waals surface area contributed by atoms with E-state index in [4.69, 9.17) is 0 Å². The van der Waals surface area contributed by atoms with Crippen LogP contribution in [0.3, 0.4) is 0 Å². The van der Waals surface area contributed by atoms with E-state index in [1.807, 2.05) is 42.5 Å². The van der Waals surface area contributed by atoms with Crippen LogP contribution < -0.4 is 5.32 Å². The normalized spacial score (nSPS) is 10.1. The van der Waals surface area contributed by atoms with Crippen molar-refractivity contribution < 1.29 is 4.79 Å². The first-order valence-electron chi connectivity index (χ1n) is 4.95. The third-order valence-electron chi connectivity index (χ3n) is 1.91. The van der Waals surface area contributed by atoms with Gasteiger partial charge < -0.3 is 5.32 Å². The fourth-order valence-electron chi connectivity index (χ4n) is 1.13. The minimum Gasteiger partial charge on any atom is -0.352 e. The van der Waals surface area contributed by atoms with Crippen LogP contribution in [0.5, 0.6) is 0 Å². The summed E-state index contributed by atoms with van der Waals surface area (Å²) >= 11 is 0. The first-order valence-corrected chi connectivity index (χ1v) is 4.95. The van der Waals surface area contributed by atoms with Gasteiger partial charge in [-0.3, -0.25) is 4.79 Å². The van der Waals surface area contributed by atoms with E-state index in [2.05, 4.69) is 11.9 Å². The van der Waals surface area contributed by atoms with E-state index < -0.39 is 0 Å². The summed E-state index contributed by atoms with van der Waals surface area (Å²) in [4.78, 5) is 10.8. The Bertz CT molecular complexity index is 341. The molecule has 2 heteroatoms. The molecule has 1 aromatic rings. The zero-order valence-electron chi connectivity index (χ0n) is 8.65. The van der Waals surface area contributed by atoms with Gasteiger partial charge in [-0.15, -0.1) is 0 Å². The van der Waals surface area contributed by atoms with Gasteiger partial charge in [0.25, 0.3) is 0 Å². The number of hydrogen-bond acceptors (Lipinski definition) is 1. The number of nitrogens with one attached hydrogen (secondary N) is 1. The van der Waals surface area contributed by atoms with Crippen LogP contribution in [0.25, 0.3) is 6.08 Å². The van der Waals surface area contributed by atoms with Crippen molar-refractivity contribution in [2.24, 2.45) is 0 Å². The molecule has 0 heterocycles. The molecule has 0 bridgehead atoms. The molecule has 0 atom stereocenters. The van der Waals surface area contributed by atoms with Crippen LogP contribution >= 0.6 is 0 Å². The predicted octanol–water partition coefficient (Wildman–Crippen LogP) is 2.39. The highest BCUT2D eigenvalue weighted by atomic mass is 16.1. The Balaban J connectivity index is 2.23. The van der Waals surface area contributed by atoms with E-state index in [0.29, 0.717) is 6.54 Å². The maximum absolute atomic E-state index is 10.8. The van der Waals surface area contributed by atoms with Crippen molar-refractivity contribution in [1.29, 1.82) is 0 Å². The predicted molar refractivity (Wildman–Crippen MR) is 63.3 cm³/mol. The highest BCUT2D eigenvalue weighted by Crippen LogP contribution is 2.01. The third kappa shape index (κ3) is 4.81. The van der Waals surface area contributed by atoms with E-state index in [1.165, 1.54) is 11.6 Å². The molecule has 0 saturated carbocycles. The lowest BCUT2D eigenvalue weighted by atomic mass is 10.2. The van der Waals surface area contributed by atoms with Crippen molar-refractivity contribution in [3.05, 3.63) is 54.6 Å². The quantitative estimate of drug-likeness (QED) is 0.575. The zero-order chi connectivity index (χ0) is 10.9. The van der Waals surface area contributed by atoms with Crippen molar-refractivity contribution in [2.75, 3.05) is 6.54 Å². The van der Waals surface area contributed by atoms with Crippen LogP contribution in [0.15, 0.2) is 49.1 Å². The molecule has 0 fully saturated rings. The maximum Gasteiger partial charge on any atom is 0.243 e. The van der Waals surface area contributed by atoms with Gasteiger partial charge in [-0.1, -0.05) is 49.1 Å². The highest BCUT2D eigenvalue weighted by molar-refractivity contribution is 5.86. The Morgan fingerprint density at radius 1 is 1.33 bits per heavy atom. The highest BCUT2D eigenvalue weighted by Gasteiger charge is 1.89. The van der Waals surface area contributed by atoms with E-state index in [1.54, 1.807) is 0 Å². The minimum absolute atomic E-state index is 0.122. The van der Waals surface area contributed by atoms with E-state index in [0.717, 1.165) is 6.42 Å². The molecular formula is C13H15NO. The molecule has 1 rings (SSSR count). The second-order valence-corrected chi connectivity index (χ2v) is 3.10. The molecule has 0 aliphatic heterocycles. The molecule has 0 aliphatic carbocycles. The van der Waals surface area contributed by atoms with Gasteiger partial charge in [-0.2, -0.15) is 0 Å². The molecule has 1 N–H and O–H groups in total. The summed E-state index contributed by atoms with van der Waals surface area (Å²) < 4.78 is 0. The van der Waals surface area contributed by atoms with Gasteiger partial charge in [0.1, 0.15) is 0 Å². The van der Waals surface area contributed by atoms with Crippen LogP contribution in [0.1, 0.15) is 12.0 Å². The van der Waals surface area contributed by atoms with Crippen molar-refractivity contribution >= 4 is 12.0 Å². The van der Waals surface area contributed by atoms with Crippen molar-refractivity contribution in [3.8, 4) is 0 Å². The monoisotopic (exact) mass is 201 g/mol. The lowest BCUT2D eigenvalue weighted by Gasteiger charge is -1.97. The summed E-state index contributed by atoms with van der Waals surface area (Å²) in [5, 5.41) is 2.71. The first-order chi connectivity index (χ1) is 7.33. The summed E-state index contributed by atoms with van der Waals surface area (Å²) in [5.74, 6) is -0.122. The minimum atomic E-state index is -0.122. The molecule has 1 aromatic carbocycles. The molecule has 2 nitrogen and oxygen atoms in total. The number of rotatable bonds is 5. The lowest BCUT2D eigenvalue weighted by molar-refractivity contribution is -0.116. The third-order valence-corrected chi connectivity index (χ3v) is 1.91. The van der Waals surface area contributed by atoms with Crippen molar-refractivity contribution in [3.63, 3.8) is 0 Å². The van der Waals surface area contributed by atoms with Gasteiger partial charge in [0.05, 0.1) is 0 Å². The van der Waals surface area contributed by atoms with Gasteiger partial charge in [-0.05, 0) is 18.1 Å². The average Bonchev–Trinajstić information content (AvgIpc) is 2.29. The molecule has 0 aliphatic rings. The Labute approximate surface area is 90.3 Å². The van der Waals surface area contributed by atoms with Crippen LogP contribution in [0.2, 0.25) is 0 Å². The van der Waals surface area contributed by atoms with Crippen molar-refractivity contribution in [2.45, 2.75) is 6.42 Å². The molecule has 0 radical (unpaired) electrons. The van der Waals surface area contributed by atoms with Gasteiger partial charge in [0.15, 0.2) is 0 Å². The summed E-state index contributed by atoms with van der Waals surface area (Å²) in [5.41, 5.74) is 1.17. The number of hydrogen-bond donors (Lipinski definition) is 1. The topological polar surface area (TPSA) is 29.1 Å². The maximum atomic E-state index is 10.8. The SMILES string of the molecule is C=CC(=O)NCCC=Cc1ccccc1. The molecule has 1 amide bonds. The summed E-state index contributed by atoms with van der Waals surface area (Å²) in [7, 11) is 0. The molecule has 0 spiro atoms. The summed E-state index contributed by atoms with van der Waals surface area (Å²) in [6.07, 6.45) is 6.19. The molecular weight excluding hydrogens is 186 g/mol. The van der Waals surface area contributed by atoms with E-state index in [-0.39, 0.29) is 5.91 Å². The van der Waals surface area contributed by atoms with Gasteiger partial charge >= 0.3 is 0 Å². The fourth-order valence-corrected chi connectivity index (χ4v) is 1.13. The van der Waals surface area contributed by atoms with Gasteiger partial charge in [0.2, 0.25) is 5.91 Å². The molecule has 15 heavy (non-hydrogen) atoms. The summed E-state index contributed by atoms with van der Waals surface area (Å²) in [6.45, 7) is 4.02. The van der Waals surface area contributed by atoms with Crippen molar-refractivity contribution in [1.82, 2.24) is 5.32 Å². The van der Waals surface area contributed by atoms with Crippen LogP contribution in [-0.2, 0) is 4.79 Å². The number of amides is 1. The van der Waals surface area contributed by atoms with Gasteiger partial charge in [0, 0.05) is 6.54 Å². The molecule has 0 aromatic heterocycles. The molecule has 0 saturated heterocycles. The average molecular weight is 201 g/mol. The zero-order valence-corrected chi connectivity index (χ0v) is 8.65. The van der Waals surface area contributed by atoms with Gasteiger partial charge in [-0.25, -0.2) is 0 Å². The van der Waals surface area contributed by atoms with E-state index in [9.17, 15) is 4.79 Å². The standard InChI is InChI=1S/C13H15NO/c1-2-13(15)14-11-7-6-10-12-8-4-3-5-9-12/h2-6,8-10H,1,7,11H2,(H,14,15). The summed E-state index contributed by atoms with van der Waals surface area (Å²) in [6, 6.07) is 10.1. The fraction of sp³-hybridized carbons (Fsp3) is 0.154. The largest absolute Gasteiger partial charge is 0.352 e. The lowest BCUT2D eigenvalue weighted by Crippen LogP contribution is -2.21. The smallest absolute Gasteiger partial charge is 0.243 e. The number of benzene rings is 1. The molecule has 78 valence electrons. The molecule has 0 unspecified atom stereocenters. The second kappa shape index (κ2) is 6.60. The van der Waals surface area contributed by atoms with Crippen LogP contribution in [0, 0.1) is 0 Å². The van der Waals surface area contributed by atoms with Crippen LogP contribution in [0.4, 0.5) is 0 Å². The second-order valence-electron chi connectivity index (χ2n) is 3.10. The number of carbonyl (C=O) groups is 1. The Kier molecular flexibility index (Phi) is 4.95. The van der Waals surface area contributed by atoms with E-state index >= 15 is 0 Å². The van der Waals surface area contributed by atoms with Crippen LogP contribution in [-0.4, -0.2) is 12.5 Å². The first kappa shape index (κ1) is 11.2.